The minimum atomic E-state index is -4.34. The van der Waals surface area contributed by atoms with Crippen LogP contribution in [-0.2, 0) is 23.4 Å². The van der Waals surface area contributed by atoms with Crippen molar-refractivity contribution in [2.45, 2.75) is 50.9 Å². The molecule has 1 saturated heterocycles. The maximum Gasteiger partial charge on any atom is 0.459 e. The van der Waals surface area contributed by atoms with E-state index in [-0.39, 0.29) is 18.0 Å². The SMILES string of the molecule is CCOC(=O)[C@H](C)N[P@@](=O)(OC[C@@]1(CCl)O[C@@H](n2cnc3c(NC)nc(C)nc32)[C@H](F)[C@@H]1O)Oc1ccccc1. The summed E-state index contributed by atoms with van der Waals surface area (Å²) < 4.78 is 53.0. The topological polar surface area (TPSA) is 159 Å². The summed E-state index contributed by atoms with van der Waals surface area (Å²) in [6.45, 7) is 4.16. The van der Waals surface area contributed by atoms with Crippen molar-refractivity contribution in [1.29, 1.82) is 0 Å². The standard InChI is InChI=1S/C24H31ClFN6O7P/c1-5-36-23(34)14(2)31-40(35,39-16-9-7-6-8-10-16)37-12-24(11-25)19(33)17(26)22(38-24)32-13-28-18-20(27-4)29-15(3)30-21(18)32/h6-10,13-14,17,19,22,33H,5,11-12H2,1-4H3,(H,31,35)(H,27,29,30)/t14-,17+,19-,22+,24+,40+/m0/s1. The molecule has 0 bridgehead atoms. The number of nitrogens with one attached hydrogen (secondary N) is 2. The van der Waals surface area contributed by atoms with E-state index in [1.54, 1.807) is 39.1 Å². The predicted molar refractivity (Wildman–Crippen MR) is 144 cm³/mol. The van der Waals surface area contributed by atoms with Crippen molar-refractivity contribution in [1.82, 2.24) is 24.6 Å². The number of rotatable bonds is 12. The Morgan fingerprint density at radius 2 is 2.08 bits per heavy atom. The molecule has 0 amide bonds. The molecule has 0 spiro atoms. The largest absolute Gasteiger partial charge is 0.465 e. The van der Waals surface area contributed by atoms with E-state index in [9.17, 15) is 14.5 Å². The van der Waals surface area contributed by atoms with Gasteiger partial charge in [0.1, 0.15) is 29.3 Å². The van der Waals surface area contributed by atoms with Gasteiger partial charge >= 0.3 is 13.7 Å². The Bertz CT molecular complexity index is 1380. The van der Waals surface area contributed by atoms with Crippen molar-refractivity contribution in [2.24, 2.45) is 0 Å². The summed E-state index contributed by atoms with van der Waals surface area (Å²) >= 11 is 6.21. The molecule has 2 aromatic heterocycles. The minimum absolute atomic E-state index is 0.105. The molecule has 218 valence electrons. The average Bonchev–Trinajstić information content (AvgIpc) is 3.46. The molecule has 1 aliphatic heterocycles. The minimum Gasteiger partial charge on any atom is -0.465 e. The number of aryl methyl sites for hydroxylation is 1. The van der Waals surface area contributed by atoms with Crippen LogP contribution in [0.15, 0.2) is 36.7 Å². The second-order valence-electron chi connectivity index (χ2n) is 9.07. The maximum absolute atomic E-state index is 15.6. The van der Waals surface area contributed by atoms with E-state index in [0.717, 1.165) is 0 Å². The number of nitrogens with zero attached hydrogens (tertiary/aromatic N) is 4. The van der Waals surface area contributed by atoms with Crippen molar-refractivity contribution in [3.63, 3.8) is 0 Å². The van der Waals surface area contributed by atoms with Gasteiger partial charge < -0.3 is 24.4 Å². The summed E-state index contributed by atoms with van der Waals surface area (Å²) in [5, 5.41) is 16.4. The van der Waals surface area contributed by atoms with Gasteiger partial charge in [0.25, 0.3) is 0 Å². The van der Waals surface area contributed by atoms with Crippen LogP contribution in [0.4, 0.5) is 10.2 Å². The maximum atomic E-state index is 15.6. The Kier molecular flexibility index (Phi) is 9.28. The number of para-hydroxylation sites is 1. The first kappa shape index (κ1) is 30.1. The highest BCUT2D eigenvalue weighted by atomic mass is 35.5. The molecule has 3 N–H and O–H groups in total. The van der Waals surface area contributed by atoms with Crippen molar-refractivity contribution in [3.8, 4) is 5.75 Å². The lowest BCUT2D eigenvalue weighted by Gasteiger charge is -2.31. The Balaban J connectivity index is 1.61. The molecule has 3 heterocycles. The zero-order chi connectivity index (χ0) is 29.1. The number of aliphatic hydroxyl groups excluding tert-OH is 1. The molecule has 0 aliphatic carbocycles. The van der Waals surface area contributed by atoms with E-state index in [2.05, 4.69) is 25.4 Å². The summed E-state index contributed by atoms with van der Waals surface area (Å²) in [7, 11) is -2.67. The first-order valence-corrected chi connectivity index (χ1v) is 14.5. The van der Waals surface area contributed by atoms with Crippen LogP contribution < -0.4 is 14.9 Å². The Hall–Kier alpha value is -2.87. The second kappa shape index (κ2) is 12.3. The summed E-state index contributed by atoms with van der Waals surface area (Å²) in [6.07, 6.45) is -3.87. The number of benzene rings is 1. The van der Waals surface area contributed by atoms with E-state index in [4.69, 9.17) is 30.1 Å². The highest BCUT2D eigenvalue weighted by Crippen LogP contribution is 2.49. The van der Waals surface area contributed by atoms with Crippen molar-refractivity contribution < 1.29 is 37.4 Å². The Morgan fingerprint density at radius 1 is 1.35 bits per heavy atom. The van der Waals surface area contributed by atoms with E-state index in [0.29, 0.717) is 17.2 Å². The van der Waals surface area contributed by atoms with Gasteiger partial charge in [0.15, 0.2) is 29.4 Å². The summed E-state index contributed by atoms with van der Waals surface area (Å²) in [5.74, 6) is -0.125. The van der Waals surface area contributed by atoms with Gasteiger partial charge in [-0.25, -0.2) is 23.9 Å². The number of anilines is 1. The van der Waals surface area contributed by atoms with Gasteiger partial charge in [-0.1, -0.05) is 18.2 Å². The third-order valence-corrected chi connectivity index (χ3v) is 8.25. The quantitative estimate of drug-likeness (QED) is 0.159. The molecule has 1 fully saturated rings. The number of hydrogen-bond donors (Lipinski definition) is 3. The predicted octanol–water partition coefficient (Wildman–Crippen LogP) is 3.13. The van der Waals surface area contributed by atoms with Gasteiger partial charge in [0, 0.05) is 7.05 Å². The summed E-state index contributed by atoms with van der Waals surface area (Å²) in [4.78, 5) is 25.1. The normalized spacial score (nSPS) is 24.9. The molecule has 40 heavy (non-hydrogen) atoms. The van der Waals surface area contributed by atoms with Gasteiger partial charge in [-0.3, -0.25) is 13.9 Å². The average molecular weight is 601 g/mol. The second-order valence-corrected chi connectivity index (χ2v) is 11.0. The number of alkyl halides is 2. The monoisotopic (exact) mass is 600 g/mol. The first-order chi connectivity index (χ1) is 19.1. The Labute approximate surface area is 234 Å². The van der Waals surface area contributed by atoms with E-state index < -0.39 is 56.3 Å². The van der Waals surface area contributed by atoms with Crippen LogP contribution in [0.5, 0.6) is 5.75 Å². The lowest BCUT2D eigenvalue weighted by Crippen LogP contribution is -2.48. The number of ether oxygens (including phenoxy) is 2. The molecule has 1 aromatic carbocycles. The number of halogens is 2. The molecular weight excluding hydrogens is 570 g/mol. The van der Waals surface area contributed by atoms with Crippen molar-refractivity contribution in [3.05, 3.63) is 42.5 Å². The number of carbonyl (C=O) groups is 1. The molecule has 0 radical (unpaired) electrons. The van der Waals surface area contributed by atoms with Crippen LogP contribution in [-0.4, -0.2) is 80.7 Å². The highest BCUT2D eigenvalue weighted by molar-refractivity contribution is 7.52. The number of aromatic nitrogens is 4. The van der Waals surface area contributed by atoms with Crippen molar-refractivity contribution in [2.75, 3.05) is 31.5 Å². The molecule has 3 aromatic rings. The molecule has 6 atom stereocenters. The number of hydrogen-bond acceptors (Lipinski definition) is 11. The van der Waals surface area contributed by atoms with Crippen LogP contribution >= 0.6 is 19.3 Å². The zero-order valence-electron chi connectivity index (χ0n) is 22.3. The molecule has 4 rings (SSSR count). The van der Waals surface area contributed by atoms with Gasteiger partial charge in [0.05, 0.1) is 25.4 Å². The number of carbonyl (C=O) groups excluding carboxylic acids is 1. The van der Waals surface area contributed by atoms with Crippen molar-refractivity contribution >= 4 is 42.3 Å². The molecular formula is C24H31ClFN6O7P. The lowest BCUT2D eigenvalue weighted by molar-refractivity contribution is -0.144. The van der Waals surface area contributed by atoms with Crippen LogP contribution in [0.2, 0.25) is 0 Å². The van der Waals surface area contributed by atoms with Gasteiger partial charge in [-0.2, -0.15) is 5.09 Å². The third kappa shape index (κ3) is 6.07. The number of fused-ring (bicyclic) bond motifs is 1. The first-order valence-electron chi connectivity index (χ1n) is 12.4. The number of imidazole rings is 1. The summed E-state index contributed by atoms with van der Waals surface area (Å²) in [5.41, 5.74) is -1.22. The van der Waals surface area contributed by atoms with E-state index in [1.165, 1.54) is 30.0 Å². The van der Waals surface area contributed by atoms with Crippen LogP contribution in [0.1, 0.15) is 25.9 Å². The fourth-order valence-corrected chi connectivity index (χ4v) is 5.99. The summed E-state index contributed by atoms with van der Waals surface area (Å²) in [6, 6.07) is 7.00. The third-order valence-electron chi connectivity index (χ3n) is 6.18. The number of esters is 1. The Morgan fingerprint density at radius 3 is 2.73 bits per heavy atom. The molecule has 13 nitrogen and oxygen atoms in total. The number of aliphatic hydroxyl groups is 1. The van der Waals surface area contributed by atoms with E-state index in [1.807, 2.05) is 0 Å². The molecule has 16 heteroatoms. The van der Waals surface area contributed by atoms with Gasteiger partial charge in [-0.15, -0.1) is 11.6 Å². The highest BCUT2D eigenvalue weighted by Gasteiger charge is 2.57. The molecule has 0 unspecified atom stereocenters. The fourth-order valence-electron chi connectivity index (χ4n) is 4.15. The van der Waals surface area contributed by atoms with Crippen LogP contribution in [0, 0.1) is 6.92 Å². The molecule has 1 aliphatic rings. The zero-order valence-corrected chi connectivity index (χ0v) is 23.9. The fraction of sp³-hybridized carbons (Fsp3) is 0.500. The van der Waals surface area contributed by atoms with Gasteiger partial charge in [-0.05, 0) is 32.9 Å². The van der Waals surface area contributed by atoms with E-state index >= 15 is 4.39 Å². The smallest absolute Gasteiger partial charge is 0.459 e. The lowest BCUT2D eigenvalue weighted by atomic mass is 9.99. The van der Waals surface area contributed by atoms with Crippen LogP contribution in [0.25, 0.3) is 11.2 Å². The van der Waals surface area contributed by atoms with Gasteiger partial charge in [0.2, 0.25) is 0 Å². The van der Waals surface area contributed by atoms with Crippen LogP contribution in [0.3, 0.4) is 0 Å². The molecule has 0 saturated carbocycles.